The van der Waals surface area contributed by atoms with Crippen molar-refractivity contribution < 1.29 is 9.31 Å². The molecule has 0 radical (unpaired) electrons. The molecule has 0 amide bonds. The standard InChI is InChI=1S/C20H28BBrO2S2/c1-6-7-8-9-10-14-13-16(26-18(14)22)15-11-12-17(25-15)21-23-19(2,3)20(4,5)24-21/h11-13H,6-10H2,1-5H3. The molecule has 1 fully saturated rings. The van der Waals surface area contributed by atoms with E-state index < -0.39 is 0 Å². The maximum Gasteiger partial charge on any atom is 0.505 e. The van der Waals surface area contributed by atoms with Crippen molar-refractivity contribution in [2.75, 3.05) is 0 Å². The number of halogens is 1. The molecule has 142 valence electrons. The quantitative estimate of drug-likeness (QED) is 0.343. The summed E-state index contributed by atoms with van der Waals surface area (Å²) in [4.78, 5) is 2.62. The van der Waals surface area contributed by atoms with Gasteiger partial charge in [-0.25, -0.2) is 0 Å². The fourth-order valence-corrected chi connectivity index (χ4v) is 5.83. The van der Waals surface area contributed by atoms with Gasteiger partial charge in [0.25, 0.3) is 0 Å². The zero-order valence-electron chi connectivity index (χ0n) is 16.4. The molecule has 0 unspecified atom stereocenters. The van der Waals surface area contributed by atoms with Gasteiger partial charge in [0, 0.05) is 14.5 Å². The number of aryl methyl sites for hydroxylation is 1. The fraction of sp³-hybridized carbons (Fsp3) is 0.600. The minimum absolute atomic E-state index is 0.268. The smallest absolute Gasteiger partial charge is 0.399 e. The number of hydrogen-bond acceptors (Lipinski definition) is 4. The Kier molecular flexibility index (Phi) is 6.40. The zero-order valence-corrected chi connectivity index (χ0v) is 19.6. The minimum atomic E-state index is -0.292. The molecule has 0 bridgehead atoms. The molecule has 26 heavy (non-hydrogen) atoms. The van der Waals surface area contributed by atoms with Crippen molar-refractivity contribution in [1.29, 1.82) is 0 Å². The van der Waals surface area contributed by atoms with E-state index in [1.807, 2.05) is 11.3 Å². The molecule has 2 aromatic heterocycles. The van der Waals surface area contributed by atoms with Crippen molar-refractivity contribution in [3.05, 3.63) is 27.5 Å². The van der Waals surface area contributed by atoms with Gasteiger partial charge in [0.05, 0.1) is 15.0 Å². The molecule has 2 nitrogen and oxygen atoms in total. The molecule has 2 aromatic rings. The van der Waals surface area contributed by atoms with Crippen LogP contribution in [0.15, 0.2) is 22.0 Å². The van der Waals surface area contributed by atoms with E-state index in [2.05, 4.69) is 68.7 Å². The fourth-order valence-electron chi connectivity index (χ4n) is 3.01. The van der Waals surface area contributed by atoms with E-state index in [-0.39, 0.29) is 18.3 Å². The monoisotopic (exact) mass is 454 g/mol. The molecular weight excluding hydrogens is 427 g/mol. The van der Waals surface area contributed by atoms with Crippen LogP contribution in [0.25, 0.3) is 9.75 Å². The zero-order chi connectivity index (χ0) is 18.9. The Hall–Kier alpha value is -0.135. The molecule has 0 aliphatic carbocycles. The van der Waals surface area contributed by atoms with Gasteiger partial charge in [-0.05, 0) is 74.2 Å². The van der Waals surface area contributed by atoms with Crippen LogP contribution in [0.3, 0.4) is 0 Å². The highest BCUT2D eigenvalue weighted by molar-refractivity contribution is 9.11. The lowest BCUT2D eigenvalue weighted by Gasteiger charge is -2.32. The second kappa shape index (κ2) is 8.08. The van der Waals surface area contributed by atoms with Crippen molar-refractivity contribution in [1.82, 2.24) is 0 Å². The van der Waals surface area contributed by atoms with Gasteiger partial charge in [0.2, 0.25) is 0 Å². The van der Waals surface area contributed by atoms with E-state index in [0.717, 1.165) is 11.2 Å². The third-order valence-electron chi connectivity index (χ3n) is 5.41. The van der Waals surface area contributed by atoms with Crippen LogP contribution in [0, 0.1) is 0 Å². The van der Waals surface area contributed by atoms with Crippen LogP contribution < -0.4 is 4.78 Å². The predicted molar refractivity (Wildman–Crippen MR) is 119 cm³/mol. The molecular formula is C20H28BBrO2S2. The van der Waals surface area contributed by atoms with Crippen LogP contribution in [0.4, 0.5) is 0 Å². The Balaban J connectivity index is 1.71. The molecule has 1 saturated heterocycles. The summed E-state index contributed by atoms with van der Waals surface area (Å²) in [6, 6.07) is 6.70. The number of rotatable bonds is 7. The Morgan fingerprint density at radius 3 is 2.31 bits per heavy atom. The van der Waals surface area contributed by atoms with Crippen molar-refractivity contribution in [3.63, 3.8) is 0 Å². The Labute approximate surface area is 174 Å². The molecule has 6 heteroatoms. The first-order valence-corrected chi connectivity index (χ1v) is 11.9. The summed E-state index contributed by atoms with van der Waals surface area (Å²) in [5, 5.41) is 0. The Morgan fingerprint density at radius 1 is 0.962 bits per heavy atom. The molecule has 0 N–H and O–H groups in total. The minimum Gasteiger partial charge on any atom is -0.399 e. The van der Waals surface area contributed by atoms with Crippen LogP contribution in [0.1, 0.15) is 65.9 Å². The molecule has 0 aromatic carbocycles. The van der Waals surface area contributed by atoms with Gasteiger partial charge in [0.1, 0.15) is 0 Å². The van der Waals surface area contributed by atoms with Crippen LogP contribution in [0.5, 0.6) is 0 Å². The lowest BCUT2D eigenvalue weighted by molar-refractivity contribution is 0.00578. The van der Waals surface area contributed by atoms with Gasteiger partial charge >= 0.3 is 7.12 Å². The highest BCUT2D eigenvalue weighted by atomic mass is 79.9. The molecule has 0 atom stereocenters. The molecule has 1 aliphatic rings. The van der Waals surface area contributed by atoms with Gasteiger partial charge in [-0.15, -0.1) is 22.7 Å². The van der Waals surface area contributed by atoms with E-state index >= 15 is 0 Å². The van der Waals surface area contributed by atoms with E-state index in [1.165, 1.54) is 44.8 Å². The van der Waals surface area contributed by atoms with Crippen LogP contribution in [-0.2, 0) is 15.7 Å². The topological polar surface area (TPSA) is 18.5 Å². The summed E-state index contributed by atoms with van der Waals surface area (Å²) in [7, 11) is -0.268. The summed E-state index contributed by atoms with van der Waals surface area (Å²) in [5.74, 6) is 0. The first kappa shape index (κ1) is 20.6. The lowest BCUT2D eigenvalue weighted by Crippen LogP contribution is -2.41. The second-order valence-electron chi connectivity index (χ2n) is 8.01. The first-order chi connectivity index (χ1) is 12.2. The highest BCUT2D eigenvalue weighted by Crippen LogP contribution is 2.40. The predicted octanol–water partition coefficient (Wildman–Crippen LogP) is 6.66. The van der Waals surface area contributed by atoms with E-state index in [9.17, 15) is 0 Å². The lowest BCUT2D eigenvalue weighted by atomic mass is 9.88. The van der Waals surface area contributed by atoms with Crippen LogP contribution in [0.2, 0.25) is 0 Å². The summed E-state index contributed by atoms with van der Waals surface area (Å²) in [6.07, 6.45) is 6.36. The van der Waals surface area contributed by atoms with E-state index in [1.54, 1.807) is 11.3 Å². The second-order valence-corrected chi connectivity index (χ2v) is 11.5. The van der Waals surface area contributed by atoms with Gasteiger partial charge in [-0.3, -0.25) is 0 Å². The van der Waals surface area contributed by atoms with Crippen LogP contribution in [-0.4, -0.2) is 18.3 Å². The van der Waals surface area contributed by atoms with E-state index in [4.69, 9.17) is 9.31 Å². The van der Waals surface area contributed by atoms with Crippen molar-refractivity contribution in [2.24, 2.45) is 0 Å². The van der Waals surface area contributed by atoms with Gasteiger partial charge < -0.3 is 9.31 Å². The van der Waals surface area contributed by atoms with Crippen LogP contribution >= 0.6 is 38.6 Å². The molecule has 1 aliphatic heterocycles. The van der Waals surface area contributed by atoms with Crippen molar-refractivity contribution in [3.8, 4) is 9.75 Å². The van der Waals surface area contributed by atoms with Crippen molar-refractivity contribution in [2.45, 2.75) is 77.9 Å². The molecule has 3 rings (SSSR count). The third-order valence-corrected chi connectivity index (χ3v) is 8.68. The molecule has 0 saturated carbocycles. The van der Waals surface area contributed by atoms with Crippen molar-refractivity contribution >= 4 is 50.5 Å². The summed E-state index contributed by atoms with van der Waals surface area (Å²) in [6.45, 7) is 10.7. The SMILES string of the molecule is CCCCCCc1cc(-c2ccc(B3OC(C)(C)C(C)(C)O3)s2)sc1Br. The number of unbranched alkanes of at least 4 members (excludes halogenated alkanes) is 3. The Morgan fingerprint density at radius 2 is 1.65 bits per heavy atom. The highest BCUT2D eigenvalue weighted by Gasteiger charge is 2.52. The first-order valence-electron chi connectivity index (χ1n) is 9.47. The summed E-state index contributed by atoms with van der Waals surface area (Å²) in [5.41, 5.74) is 0.852. The summed E-state index contributed by atoms with van der Waals surface area (Å²) < 4.78 is 14.8. The largest absolute Gasteiger partial charge is 0.505 e. The third kappa shape index (κ3) is 4.30. The number of hydrogen-bond donors (Lipinski definition) is 0. The molecule has 3 heterocycles. The Bertz CT molecular complexity index is 735. The van der Waals surface area contributed by atoms with Gasteiger partial charge in [0.15, 0.2) is 0 Å². The average Bonchev–Trinajstić information content (AvgIpc) is 3.22. The normalized spacial score (nSPS) is 18.6. The number of thiophene rings is 2. The van der Waals surface area contributed by atoms with Gasteiger partial charge in [-0.2, -0.15) is 0 Å². The average molecular weight is 455 g/mol. The van der Waals surface area contributed by atoms with Gasteiger partial charge in [-0.1, -0.05) is 32.3 Å². The maximum absolute atomic E-state index is 6.19. The summed E-state index contributed by atoms with van der Waals surface area (Å²) >= 11 is 7.37. The molecule has 0 spiro atoms. The van der Waals surface area contributed by atoms with E-state index in [0.29, 0.717) is 0 Å². The maximum atomic E-state index is 6.19.